The van der Waals surface area contributed by atoms with Crippen molar-refractivity contribution in [2.24, 2.45) is 11.7 Å². The van der Waals surface area contributed by atoms with Gasteiger partial charge in [-0.1, -0.05) is 43.5 Å². The fourth-order valence-electron chi connectivity index (χ4n) is 4.17. The van der Waals surface area contributed by atoms with Gasteiger partial charge in [-0.2, -0.15) is 5.48 Å². The van der Waals surface area contributed by atoms with Crippen LogP contribution in [-0.2, 0) is 25.8 Å². The molecular weight excluding hydrogens is 414 g/mol. The Labute approximate surface area is 186 Å². The number of rotatable bonds is 10. The number of amidine groups is 1. The number of carbonyl (C=O) groups is 3. The predicted octanol–water partition coefficient (Wildman–Crippen LogP) is 0.742. The minimum absolute atomic E-state index is 0.00152. The number of carboxylic acids is 1. The Kier molecular flexibility index (Phi) is 8.18. The smallest absolute Gasteiger partial charge is 0.319 e. The van der Waals surface area contributed by atoms with Crippen LogP contribution in [-0.4, -0.2) is 58.9 Å². The lowest BCUT2D eigenvalue weighted by molar-refractivity contribution is -0.168. The highest BCUT2D eigenvalue weighted by Crippen LogP contribution is 2.30. The van der Waals surface area contributed by atoms with Crippen LogP contribution in [0.5, 0.6) is 0 Å². The van der Waals surface area contributed by atoms with Gasteiger partial charge in [-0.15, -0.1) is 0 Å². The van der Waals surface area contributed by atoms with E-state index in [0.29, 0.717) is 25.1 Å². The average Bonchev–Trinajstić information content (AvgIpc) is 2.75. The molecule has 10 heteroatoms. The second-order valence-corrected chi connectivity index (χ2v) is 8.32. The van der Waals surface area contributed by atoms with Crippen LogP contribution in [0, 0.1) is 11.3 Å². The summed E-state index contributed by atoms with van der Waals surface area (Å²) in [6.07, 6.45) is 4.57. The van der Waals surface area contributed by atoms with Gasteiger partial charge in [-0.3, -0.25) is 24.6 Å². The quantitative estimate of drug-likeness (QED) is 0.202. The van der Waals surface area contributed by atoms with Crippen molar-refractivity contribution in [3.8, 4) is 0 Å². The van der Waals surface area contributed by atoms with Crippen LogP contribution in [0.15, 0.2) is 24.3 Å². The Morgan fingerprint density at radius 2 is 1.84 bits per heavy atom. The highest BCUT2D eigenvalue weighted by molar-refractivity contribution is 5.95. The van der Waals surface area contributed by atoms with E-state index in [9.17, 15) is 14.4 Å². The summed E-state index contributed by atoms with van der Waals surface area (Å²) in [5, 5.41) is 19.1. The summed E-state index contributed by atoms with van der Waals surface area (Å²) in [4.78, 5) is 43.7. The molecule has 0 spiro atoms. The van der Waals surface area contributed by atoms with Crippen molar-refractivity contribution in [1.82, 2.24) is 15.7 Å². The summed E-state index contributed by atoms with van der Waals surface area (Å²) in [6, 6.07) is 6.47. The molecule has 0 bridgehead atoms. The molecule has 1 aliphatic heterocycles. The number of hydroxylamine groups is 1. The number of nitrogen functional groups attached to an aromatic ring is 1. The number of hydrogen-bond donors (Lipinski definition) is 5. The summed E-state index contributed by atoms with van der Waals surface area (Å²) in [5.74, 6) is -1.59. The Bertz CT molecular complexity index is 838. The number of benzene rings is 1. The third-order valence-electron chi connectivity index (χ3n) is 6.09. The molecule has 0 aromatic heterocycles. The summed E-state index contributed by atoms with van der Waals surface area (Å²) < 4.78 is 0. The van der Waals surface area contributed by atoms with Gasteiger partial charge >= 0.3 is 5.97 Å². The van der Waals surface area contributed by atoms with Gasteiger partial charge in [-0.05, 0) is 30.7 Å². The first-order valence-corrected chi connectivity index (χ1v) is 11.0. The Morgan fingerprint density at radius 3 is 2.41 bits per heavy atom. The van der Waals surface area contributed by atoms with Crippen LogP contribution >= 0.6 is 0 Å². The lowest BCUT2D eigenvalue weighted by Crippen LogP contribution is -2.62. The van der Waals surface area contributed by atoms with Crippen molar-refractivity contribution in [3.05, 3.63) is 35.4 Å². The van der Waals surface area contributed by atoms with Gasteiger partial charge in [0, 0.05) is 18.7 Å². The van der Waals surface area contributed by atoms with Crippen molar-refractivity contribution in [1.29, 1.82) is 5.41 Å². The zero-order valence-electron chi connectivity index (χ0n) is 18.0. The molecule has 1 aromatic rings. The summed E-state index contributed by atoms with van der Waals surface area (Å²) in [7, 11) is 0. The van der Waals surface area contributed by atoms with Crippen LogP contribution < -0.4 is 16.5 Å². The molecule has 174 valence electrons. The van der Waals surface area contributed by atoms with E-state index in [-0.39, 0.29) is 23.6 Å². The first-order valence-electron chi connectivity index (χ1n) is 11.0. The SMILES string of the molecule is N=C(N)c1ccc(CNC(=O)C2CCN2C(=O)C(ONCC(=O)O)C2CCCCC2)cc1. The summed E-state index contributed by atoms with van der Waals surface area (Å²) in [6.45, 7) is 0.372. The maximum absolute atomic E-state index is 13.2. The first kappa shape index (κ1) is 23.7. The van der Waals surface area contributed by atoms with Crippen molar-refractivity contribution >= 4 is 23.6 Å². The molecule has 1 aliphatic carbocycles. The van der Waals surface area contributed by atoms with Gasteiger partial charge in [0.25, 0.3) is 5.91 Å². The zero-order valence-corrected chi connectivity index (χ0v) is 18.0. The normalized spacial score (nSPS) is 19.6. The summed E-state index contributed by atoms with van der Waals surface area (Å²) in [5.41, 5.74) is 9.32. The Morgan fingerprint density at radius 1 is 1.16 bits per heavy atom. The van der Waals surface area contributed by atoms with Gasteiger partial charge in [0.2, 0.25) is 5.91 Å². The number of carboxylic acid groups (broad SMARTS) is 1. The molecular formula is C22H31N5O5. The number of nitrogens with zero attached hydrogens (tertiary/aromatic N) is 1. The fraction of sp³-hybridized carbons (Fsp3) is 0.545. The van der Waals surface area contributed by atoms with Crippen LogP contribution in [0.3, 0.4) is 0 Å². The number of likely N-dealkylation sites (tertiary alicyclic amines) is 1. The Balaban J connectivity index is 1.57. The van der Waals surface area contributed by atoms with Gasteiger partial charge < -0.3 is 21.1 Å². The summed E-state index contributed by atoms with van der Waals surface area (Å²) >= 11 is 0. The van der Waals surface area contributed by atoms with Crippen LogP contribution in [0.4, 0.5) is 0 Å². The molecule has 0 radical (unpaired) electrons. The largest absolute Gasteiger partial charge is 0.480 e. The molecule has 6 N–H and O–H groups in total. The highest BCUT2D eigenvalue weighted by Gasteiger charge is 2.43. The maximum atomic E-state index is 13.2. The molecule has 1 saturated heterocycles. The van der Waals surface area contributed by atoms with E-state index < -0.39 is 24.7 Å². The minimum Gasteiger partial charge on any atom is -0.480 e. The molecule has 32 heavy (non-hydrogen) atoms. The number of nitrogens with one attached hydrogen (secondary N) is 3. The van der Waals surface area contributed by atoms with E-state index in [2.05, 4.69) is 10.8 Å². The molecule has 2 amide bonds. The third-order valence-corrected chi connectivity index (χ3v) is 6.09. The molecule has 2 atom stereocenters. The molecule has 2 unspecified atom stereocenters. The number of amides is 2. The molecule has 1 saturated carbocycles. The molecule has 1 heterocycles. The molecule has 2 fully saturated rings. The molecule has 2 aliphatic rings. The first-order chi connectivity index (χ1) is 15.4. The molecule has 1 aromatic carbocycles. The maximum Gasteiger partial charge on any atom is 0.319 e. The van der Waals surface area contributed by atoms with Crippen LogP contribution in [0.1, 0.15) is 49.7 Å². The minimum atomic E-state index is -1.07. The lowest BCUT2D eigenvalue weighted by atomic mass is 9.84. The second-order valence-electron chi connectivity index (χ2n) is 8.32. The van der Waals surface area contributed by atoms with Crippen molar-refractivity contribution < 1.29 is 24.3 Å². The van der Waals surface area contributed by atoms with E-state index in [4.69, 9.17) is 21.1 Å². The standard InChI is InChI=1S/C22H31N5O5/c23-20(24)16-8-6-14(7-9-16)12-25-21(30)17-10-11-27(17)22(31)19(32-26-13-18(28)29)15-4-2-1-3-5-15/h6-9,15,17,19,26H,1-5,10-13H2,(H3,23,24)(H,25,30)(H,28,29). The van der Waals surface area contributed by atoms with Crippen molar-refractivity contribution in [2.45, 2.75) is 57.2 Å². The van der Waals surface area contributed by atoms with Gasteiger partial charge in [0.1, 0.15) is 18.4 Å². The van der Waals surface area contributed by atoms with Gasteiger partial charge in [0.15, 0.2) is 6.10 Å². The fourth-order valence-corrected chi connectivity index (χ4v) is 4.17. The van der Waals surface area contributed by atoms with Crippen molar-refractivity contribution in [2.75, 3.05) is 13.1 Å². The number of hydrogen-bond acceptors (Lipinski definition) is 6. The van der Waals surface area contributed by atoms with E-state index in [0.717, 1.165) is 37.7 Å². The molecule has 10 nitrogen and oxygen atoms in total. The monoisotopic (exact) mass is 445 g/mol. The highest BCUT2D eigenvalue weighted by atomic mass is 16.7. The number of nitrogens with two attached hydrogens (primary N) is 1. The average molecular weight is 446 g/mol. The topological polar surface area (TPSA) is 158 Å². The van der Waals surface area contributed by atoms with Crippen molar-refractivity contribution in [3.63, 3.8) is 0 Å². The second kappa shape index (κ2) is 11.1. The van der Waals surface area contributed by atoms with E-state index >= 15 is 0 Å². The van der Waals surface area contributed by atoms with Gasteiger partial charge in [0.05, 0.1) is 0 Å². The lowest BCUT2D eigenvalue weighted by Gasteiger charge is -2.42. The van der Waals surface area contributed by atoms with Gasteiger partial charge in [-0.25, -0.2) is 0 Å². The Hall–Kier alpha value is -2.98. The van der Waals surface area contributed by atoms with Crippen LogP contribution in [0.25, 0.3) is 0 Å². The number of aliphatic carboxylic acids is 1. The van der Waals surface area contributed by atoms with Crippen LogP contribution in [0.2, 0.25) is 0 Å². The predicted molar refractivity (Wildman–Crippen MR) is 117 cm³/mol. The number of carbonyl (C=O) groups excluding carboxylic acids is 2. The third kappa shape index (κ3) is 6.04. The zero-order chi connectivity index (χ0) is 23.1. The van der Waals surface area contributed by atoms with E-state index in [1.807, 2.05) is 0 Å². The van der Waals surface area contributed by atoms with E-state index in [1.165, 1.54) is 4.90 Å². The van der Waals surface area contributed by atoms with E-state index in [1.54, 1.807) is 24.3 Å². The molecule has 3 rings (SSSR count).